The van der Waals surface area contributed by atoms with Crippen molar-refractivity contribution in [1.82, 2.24) is 0 Å². The molecule has 0 saturated heterocycles. The van der Waals surface area contributed by atoms with E-state index >= 15 is 0 Å². The van der Waals surface area contributed by atoms with E-state index in [0.717, 1.165) is 7.11 Å². The van der Waals surface area contributed by atoms with Crippen LogP contribution in [-0.4, -0.2) is 20.1 Å². The molecule has 0 unspecified atom stereocenters. The van der Waals surface area contributed by atoms with E-state index in [4.69, 9.17) is 0 Å². The maximum Gasteiger partial charge on any atom is 0.519 e. The maximum atomic E-state index is 12.4. The van der Waals surface area contributed by atoms with Gasteiger partial charge < -0.3 is 17.7 Å². The largest absolute Gasteiger partial charge is 0.519 e. The topological polar surface area (TPSA) is 26.3 Å². The minimum Gasteiger partial charge on any atom is -0.465 e. The van der Waals surface area contributed by atoms with E-state index in [1.165, 1.54) is 13.0 Å². The van der Waals surface area contributed by atoms with Crippen molar-refractivity contribution in [2.75, 3.05) is 7.11 Å². The lowest BCUT2D eigenvalue weighted by atomic mass is 9.86. The number of aryl methyl sites for hydroxylation is 1. The second-order valence-corrected chi connectivity index (χ2v) is 3.81. The van der Waals surface area contributed by atoms with E-state index in [-0.39, 0.29) is 10.4 Å². The molecular weight excluding hydrogens is 216 g/mol. The van der Waals surface area contributed by atoms with Gasteiger partial charge in [-0.25, -0.2) is 4.79 Å². The fourth-order valence-corrected chi connectivity index (χ4v) is 2.02. The molecule has 1 rings (SSSR count). The predicted molar refractivity (Wildman–Crippen MR) is 49.1 cm³/mol. The van der Waals surface area contributed by atoms with Crippen LogP contribution in [0.4, 0.5) is 12.9 Å². The van der Waals surface area contributed by atoms with Crippen LogP contribution in [0.5, 0.6) is 0 Å². The van der Waals surface area contributed by atoms with Gasteiger partial charge in [-0.05, 0) is 13.0 Å². The van der Waals surface area contributed by atoms with Gasteiger partial charge in [-0.2, -0.15) is 11.3 Å². The zero-order chi connectivity index (χ0) is 10.9. The van der Waals surface area contributed by atoms with E-state index in [1.807, 2.05) is 0 Å². The Bertz CT molecular complexity index is 358. The van der Waals surface area contributed by atoms with Gasteiger partial charge >= 0.3 is 12.9 Å². The van der Waals surface area contributed by atoms with E-state index in [9.17, 15) is 17.7 Å². The Morgan fingerprint density at radius 2 is 2.07 bits per heavy atom. The third-order valence-corrected chi connectivity index (χ3v) is 2.95. The van der Waals surface area contributed by atoms with Crippen LogP contribution in [0.1, 0.15) is 15.2 Å². The first-order valence-corrected chi connectivity index (χ1v) is 4.56. The lowest BCUT2D eigenvalue weighted by Crippen LogP contribution is -2.32. The van der Waals surface area contributed by atoms with E-state index < -0.39 is 17.7 Å². The number of carbonyl (C=O) groups excluding carboxylic acids is 1. The Balaban J connectivity index is 3.12. The summed E-state index contributed by atoms with van der Waals surface area (Å²) in [6.45, 7) is -3.71. The molecule has 2 nitrogen and oxygen atoms in total. The summed E-state index contributed by atoms with van der Waals surface area (Å²) >= 11 is 0.427. The minimum atomic E-state index is -5.03. The second-order valence-electron chi connectivity index (χ2n) is 2.72. The summed E-state index contributed by atoms with van der Waals surface area (Å²) in [5.74, 6) is -0.732. The van der Waals surface area contributed by atoms with Gasteiger partial charge in [0.2, 0.25) is 0 Å². The predicted octanol–water partition coefficient (Wildman–Crippen LogP) is 1.90. The summed E-state index contributed by atoms with van der Waals surface area (Å²) in [6, 6.07) is 1.20. The van der Waals surface area contributed by atoms with Crippen LogP contribution >= 0.6 is 11.3 Å². The zero-order valence-electron chi connectivity index (χ0n) is 7.51. The molecule has 1 heterocycles. The zero-order valence-corrected chi connectivity index (χ0v) is 8.33. The number of hydrogen-bond donors (Lipinski definition) is 0. The summed E-state index contributed by atoms with van der Waals surface area (Å²) < 4.78 is 40.7. The molecule has 1 aromatic rings. The van der Waals surface area contributed by atoms with Gasteiger partial charge in [0.05, 0.1) is 7.11 Å². The summed E-state index contributed by atoms with van der Waals surface area (Å²) in [4.78, 5) is 10.9. The average Bonchev–Trinajstić information content (AvgIpc) is 2.45. The Hall–Kier alpha value is -0.975. The molecule has 1 aromatic heterocycles. The Kier molecular flexibility index (Phi) is 2.89. The first kappa shape index (κ1) is 11.1. The lowest BCUT2D eigenvalue weighted by molar-refractivity contribution is 0.0606. The fourth-order valence-electron chi connectivity index (χ4n) is 1.02. The van der Waals surface area contributed by atoms with Gasteiger partial charge in [-0.1, -0.05) is 10.3 Å². The van der Waals surface area contributed by atoms with Crippen LogP contribution in [0, 0.1) is 6.92 Å². The Morgan fingerprint density at radius 1 is 1.50 bits per heavy atom. The van der Waals surface area contributed by atoms with Crippen LogP contribution in [0.3, 0.4) is 0 Å². The van der Waals surface area contributed by atoms with Crippen molar-refractivity contribution in [2.45, 2.75) is 6.92 Å². The van der Waals surface area contributed by atoms with Crippen molar-refractivity contribution in [2.24, 2.45) is 0 Å². The monoisotopic (exact) mass is 223 g/mol. The highest BCUT2D eigenvalue weighted by molar-refractivity contribution is 7.25. The first-order valence-electron chi connectivity index (χ1n) is 3.75. The number of hydrogen-bond acceptors (Lipinski definition) is 3. The highest BCUT2D eigenvalue weighted by Crippen LogP contribution is 2.20. The smallest absolute Gasteiger partial charge is 0.465 e. The summed E-state index contributed by atoms with van der Waals surface area (Å²) in [5.41, 5.74) is 0.0721. The summed E-state index contributed by atoms with van der Waals surface area (Å²) in [5, 5.41) is 0. The molecule has 0 saturated carbocycles. The van der Waals surface area contributed by atoms with E-state index in [0.29, 0.717) is 11.3 Å². The summed E-state index contributed by atoms with van der Waals surface area (Å²) in [7, 11) is 1.13. The van der Waals surface area contributed by atoms with Crippen LogP contribution in [0.25, 0.3) is 0 Å². The lowest BCUT2D eigenvalue weighted by Gasteiger charge is -2.12. The molecule has 7 heteroatoms. The van der Waals surface area contributed by atoms with E-state index in [2.05, 4.69) is 4.74 Å². The van der Waals surface area contributed by atoms with Crippen LogP contribution < -0.4 is 4.78 Å². The number of halogens is 3. The van der Waals surface area contributed by atoms with Gasteiger partial charge in [0, 0.05) is 0 Å². The molecular formula is C7H7BF3O2S-. The number of carbonyl (C=O) groups is 1. The molecule has 0 aliphatic rings. The SMILES string of the molecule is COC(=O)c1cc(C)c([B-](F)(F)F)s1. The number of esters is 1. The number of rotatable bonds is 2. The number of methoxy groups -OCH3 is 1. The highest BCUT2D eigenvalue weighted by atomic mass is 32.1. The van der Waals surface area contributed by atoms with Crippen molar-refractivity contribution in [1.29, 1.82) is 0 Å². The molecule has 14 heavy (non-hydrogen) atoms. The molecule has 78 valence electrons. The number of thiophene rings is 1. The van der Waals surface area contributed by atoms with Crippen molar-refractivity contribution < 1.29 is 22.5 Å². The molecule has 0 fully saturated rings. The van der Waals surface area contributed by atoms with Gasteiger partial charge in [-0.15, -0.1) is 0 Å². The van der Waals surface area contributed by atoms with Gasteiger partial charge in [-0.3, -0.25) is 0 Å². The van der Waals surface area contributed by atoms with Crippen molar-refractivity contribution >= 4 is 29.1 Å². The molecule has 0 aromatic carbocycles. The van der Waals surface area contributed by atoms with Crippen molar-refractivity contribution in [3.63, 3.8) is 0 Å². The molecule has 0 spiro atoms. The Labute approximate surface area is 82.7 Å². The van der Waals surface area contributed by atoms with Crippen LogP contribution in [-0.2, 0) is 4.74 Å². The standard InChI is InChI=1S/C7H7BF3O2S/c1-4-3-5(7(12)13-2)14-6(4)8(9,10)11/h3H,1-2H3/q-1. The normalized spacial score (nSPS) is 11.5. The van der Waals surface area contributed by atoms with Crippen molar-refractivity contribution in [3.8, 4) is 0 Å². The van der Waals surface area contributed by atoms with Gasteiger partial charge in [0.15, 0.2) is 0 Å². The van der Waals surface area contributed by atoms with Gasteiger partial charge in [0.1, 0.15) is 4.88 Å². The third kappa shape index (κ3) is 2.09. The first-order chi connectivity index (χ1) is 6.36. The van der Waals surface area contributed by atoms with E-state index in [1.54, 1.807) is 0 Å². The molecule has 0 N–H and O–H groups in total. The Morgan fingerprint density at radius 3 is 2.43 bits per heavy atom. The highest BCUT2D eigenvalue weighted by Gasteiger charge is 2.30. The van der Waals surface area contributed by atoms with Crippen LogP contribution in [0.2, 0.25) is 0 Å². The molecule has 0 aliphatic carbocycles. The fraction of sp³-hybridized carbons (Fsp3) is 0.286. The average molecular weight is 223 g/mol. The minimum absolute atomic E-state index is 0.0146. The molecule has 0 aliphatic heterocycles. The molecule has 0 amide bonds. The maximum absolute atomic E-state index is 12.4. The molecule has 0 atom stereocenters. The summed E-state index contributed by atoms with van der Waals surface area (Å²) in [6.07, 6.45) is 0. The van der Waals surface area contributed by atoms with Crippen molar-refractivity contribution in [3.05, 3.63) is 16.5 Å². The molecule has 0 radical (unpaired) electrons. The number of ether oxygens (including phenoxy) is 1. The second kappa shape index (κ2) is 3.64. The van der Waals surface area contributed by atoms with Gasteiger partial charge in [0.25, 0.3) is 0 Å². The third-order valence-electron chi connectivity index (χ3n) is 1.64. The van der Waals surface area contributed by atoms with Crippen LogP contribution in [0.15, 0.2) is 6.07 Å². The quantitative estimate of drug-likeness (QED) is 0.565. The molecule has 0 bridgehead atoms.